The number of benzene rings is 2. The first-order valence-electron chi connectivity index (χ1n) is 7.89. The van der Waals surface area contributed by atoms with E-state index in [1.807, 2.05) is 0 Å². The Hall–Kier alpha value is -3.29. The third-order valence-corrected chi connectivity index (χ3v) is 4.04. The van der Waals surface area contributed by atoms with E-state index >= 15 is 0 Å². The first-order chi connectivity index (χ1) is 12.4. The number of nitro benzene ring substituents is 1. The molecule has 1 aromatic heterocycles. The van der Waals surface area contributed by atoms with Crippen molar-refractivity contribution in [3.63, 3.8) is 0 Å². The number of non-ortho nitro benzene ring substituents is 1. The number of aromatic amines is 1. The van der Waals surface area contributed by atoms with Crippen LogP contribution in [0.1, 0.15) is 11.1 Å². The second-order valence-electron chi connectivity index (χ2n) is 5.81. The van der Waals surface area contributed by atoms with E-state index in [0.717, 1.165) is 28.6 Å². The maximum absolute atomic E-state index is 13.8. The molecule has 1 heterocycles. The fourth-order valence-electron chi connectivity index (χ4n) is 2.72. The van der Waals surface area contributed by atoms with Crippen molar-refractivity contribution in [3.8, 4) is 0 Å². The molecule has 8 heteroatoms. The highest BCUT2D eigenvalue weighted by Gasteiger charge is 2.13. The van der Waals surface area contributed by atoms with Crippen molar-refractivity contribution in [2.24, 2.45) is 0 Å². The van der Waals surface area contributed by atoms with Crippen LogP contribution in [0.5, 0.6) is 0 Å². The molecule has 0 aliphatic rings. The summed E-state index contributed by atoms with van der Waals surface area (Å²) in [6.45, 7) is 0.302. The van der Waals surface area contributed by atoms with Gasteiger partial charge in [0.05, 0.1) is 17.4 Å². The van der Waals surface area contributed by atoms with Gasteiger partial charge in [-0.25, -0.2) is 8.78 Å². The number of halogens is 2. The zero-order valence-corrected chi connectivity index (χ0v) is 13.6. The molecule has 0 saturated heterocycles. The molecule has 26 heavy (non-hydrogen) atoms. The maximum Gasteiger partial charge on any atom is 0.272 e. The molecule has 0 spiro atoms. The monoisotopic (exact) mass is 359 g/mol. The predicted octanol–water partition coefficient (Wildman–Crippen LogP) is 3.26. The SMILES string of the molecule is O=C(Cc1ccc([N+](=O)[O-])cc1F)NCCc1c[nH]c2ccc(F)cc12. The number of hydrogen-bond acceptors (Lipinski definition) is 3. The fraction of sp³-hybridized carbons (Fsp3) is 0.167. The standard InChI is InChI=1S/C18H15F2N3O3/c19-13-2-4-17-15(8-13)12(10-22-17)5-6-21-18(24)7-11-1-3-14(23(25)26)9-16(11)20/h1-4,8-10,22H,5-7H2,(H,21,24). The highest BCUT2D eigenvalue weighted by atomic mass is 19.1. The number of fused-ring (bicyclic) bond motifs is 1. The van der Waals surface area contributed by atoms with Crippen LogP contribution in [0.4, 0.5) is 14.5 Å². The summed E-state index contributed by atoms with van der Waals surface area (Å²) in [7, 11) is 0. The fourth-order valence-corrected chi connectivity index (χ4v) is 2.72. The van der Waals surface area contributed by atoms with E-state index < -0.39 is 16.6 Å². The van der Waals surface area contributed by atoms with Crippen molar-refractivity contribution >= 4 is 22.5 Å². The van der Waals surface area contributed by atoms with Gasteiger partial charge in [0.1, 0.15) is 11.6 Å². The minimum atomic E-state index is -0.790. The van der Waals surface area contributed by atoms with Crippen LogP contribution in [0.3, 0.4) is 0 Å². The van der Waals surface area contributed by atoms with Gasteiger partial charge >= 0.3 is 0 Å². The van der Waals surface area contributed by atoms with Gasteiger partial charge in [0.15, 0.2) is 0 Å². The minimum absolute atomic E-state index is 0.0854. The van der Waals surface area contributed by atoms with E-state index in [2.05, 4.69) is 10.3 Å². The number of amides is 1. The van der Waals surface area contributed by atoms with Gasteiger partial charge in [-0.15, -0.1) is 0 Å². The van der Waals surface area contributed by atoms with Crippen molar-refractivity contribution in [3.05, 3.63) is 75.5 Å². The number of nitrogens with zero attached hydrogens (tertiary/aromatic N) is 1. The van der Waals surface area contributed by atoms with Gasteiger partial charge in [-0.05, 0) is 41.8 Å². The molecule has 0 saturated carbocycles. The van der Waals surface area contributed by atoms with Crippen molar-refractivity contribution < 1.29 is 18.5 Å². The summed E-state index contributed by atoms with van der Waals surface area (Å²) in [4.78, 5) is 24.9. The lowest BCUT2D eigenvalue weighted by Crippen LogP contribution is -2.27. The van der Waals surface area contributed by atoms with E-state index in [0.29, 0.717) is 13.0 Å². The average molecular weight is 359 g/mol. The first-order valence-corrected chi connectivity index (χ1v) is 7.89. The summed E-state index contributed by atoms with van der Waals surface area (Å²) in [5, 5.41) is 14.0. The van der Waals surface area contributed by atoms with Gasteiger partial charge in [0, 0.05) is 29.7 Å². The molecule has 3 rings (SSSR count). The molecule has 134 valence electrons. The van der Waals surface area contributed by atoms with Crippen LogP contribution in [0.15, 0.2) is 42.6 Å². The van der Waals surface area contributed by atoms with Gasteiger partial charge < -0.3 is 10.3 Å². The van der Waals surface area contributed by atoms with Crippen LogP contribution in [0.2, 0.25) is 0 Å². The molecule has 2 aromatic carbocycles. The van der Waals surface area contributed by atoms with Crippen LogP contribution in [0, 0.1) is 21.7 Å². The van der Waals surface area contributed by atoms with E-state index in [9.17, 15) is 23.7 Å². The lowest BCUT2D eigenvalue weighted by atomic mass is 10.1. The van der Waals surface area contributed by atoms with E-state index in [-0.39, 0.29) is 23.5 Å². The third-order valence-electron chi connectivity index (χ3n) is 4.04. The van der Waals surface area contributed by atoms with Gasteiger partial charge in [-0.3, -0.25) is 14.9 Å². The largest absolute Gasteiger partial charge is 0.361 e. The van der Waals surface area contributed by atoms with Crippen LogP contribution in [-0.4, -0.2) is 22.4 Å². The summed E-state index contributed by atoms with van der Waals surface area (Å²) < 4.78 is 27.1. The Morgan fingerprint density at radius 1 is 1.15 bits per heavy atom. The van der Waals surface area contributed by atoms with Gasteiger partial charge in [0.25, 0.3) is 5.69 Å². The second-order valence-corrected chi connectivity index (χ2v) is 5.81. The van der Waals surface area contributed by atoms with E-state index in [1.165, 1.54) is 18.2 Å². The summed E-state index contributed by atoms with van der Waals surface area (Å²) in [6, 6.07) is 7.62. The molecule has 0 fully saturated rings. The summed E-state index contributed by atoms with van der Waals surface area (Å²) >= 11 is 0. The highest BCUT2D eigenvalue weighted by molar-refractivity contribution is 5.83. The number of rotatable bonds is 6. The number of nitro groups is 1. The minimum Gasteiger partial charge on any atom is -0.361 e. The Labute approximate surface area is 147 Å². The quantitative estimate of drug-likeness (QED) is 0.523. The zero-order valence-electron chi connectivity index (χ0n) is 13.6. The second kappa shape index (κ2) is 7.30. The molecule has 0 atom stereocenters. The Bertz CT molecular complexity index is 985. The number of carbonyl (C=O) groups is 1. The molecule has 6 nitrogen and oxygen atoms in total. The van der Waals surface area contributed by atoms with Gasteiger partial charge in [-0.2, -0.15) is 0 Å². The van der Waals surface area contributed by atoms with Crippen molar-refractivity contribution in [1.29, 1.82) is 0 Å². The smallest absolute Gasteiger partial charge is 0.272 e. The maximum atomic E-state index is 13.8. The van der Waals surface area contributed by atoms with Crippen LogP contribution < -0.4 is 5.32 Å². The summed E-state index contributed by atoms with van der Waals surface area (Å²) in [5.41, 5.74) is 1.39. The molecule has 2 N–H and O–H groups in total. The molecule has 1 amide bonds. The summed E-state index contributed by atoms with van der Waals surface area (Å²) in [5.74, 6) is -1.53. The molecule has 3 aromatic rings. The van der Waals surface area contributed by atoms with Gasteiger partial charge in [-0.1, -0.05) is 0 Å². The molecule has 0 aliphatic heterocycles. The number of H-pyrrole nitrogens is 1. The molecular weight excluding hydrogens is 344 g/mol. The number of nitrogens with one attached hydrogen (secondary N) is 2. The van der Waals surface area contributed by atoms with E-state index in [4.69, 9.17) is 0 Å². The lowest BCUT2D eigenvalue weighted by Gasteiger charge is -2.06. The topological polar surface area (TPSA) is 88.0 Å². The van der Waals surface area contributed by atoms with Crippen LogP contribution in [-0.2, 0) is 17.6 Å². The zero-order chi connectivity index (χ0) is 18.7. The highest BCUT2D eigenvalue weighted by Crippen LogP contribution is 2.20. The Morgan fingerprint density at radius 2 is 1.96 bits per heavy atom. The molecule has 0 bridgehead atoms. The lowest BCUT2D eigenvalue weighted by molar-refractivity contribution is -0.385. The van der Waals surface area contributed by atoms with Crippen molar-refractivity contribution in [1.82, 2.24) is 10.3 Å². The third kappa shape index (κ3) is 3.85. The Balaban J connectivity index is 1.57. The Kier molecular flexibility index (Phi) is 4.92. The average Bonchev–Trinajstić information content (AvgIpc) is 2.99. The molecular formula is C18H15F2N3O3. The molecule has 0 aliphatic carbocycles. The van der Waals surface area contributed by atoms with Gasteiger partial charge in [0.2, 0.25) is 5.91 Å². The molecule has 0 radical (unpaired) electrons. The molecule has 0 unspecified atom stereocenters. The normalized spacial score (nSPS) is 10.8. The van der Waals surface area contributed by atoms with Crippen LogP contribution >= 0.6 is 0 Å². The predicted molar refractivity (Wildman–Crippen MR) is 91.7 cm³/mol. The Morgan fingerprint density at radius 3 is 2.69 bits per heavy atom. The summed E-state index contributed by atoms with van der Waals surface area (Å²) in [6.07, 6.45) is 2.02. The number of hydrogen-bond donors (Lipinski definition) is 2. The van der Waals surface area contributed by atoms with E-state index in [1.54, 1.807) is 12.3 Å². The first kappa shape index (κ1) is 17.5. The number of carbonyl (C=O) groups excluding carboxylic acids is 1. The number of aromatic nitrogens is 1. The van der Waals surface area contributed by atoms with Crippen molar-refractivity contribution in [2.75, 3.05) is 6.54 Å². The van der Waals surface area contributed by atoms with Crippen molar-refractivity contribution in [2.45, 2.75) is 12.8 Å². The van der Waals surface area contributed by atoms with Crippen LogP contribution in [0.25, 0.3) is 10.9 Å².